The summed E-state index contributed by atoms with van der Waals surface area (Å²) in [6.45, 7) is 0. The molecule has 3 aromatic rings. The van der Waals surface area contributed by atoms with Crippen LogP contribution >= 0.6 is 0 Å². The third kappa shape index (κ3) is 5.18. The summed E-state index contributed by atoms with van der Waals surface area (Å²) >= 11 is 0. The van der Waals surface area contributed by atoms with E-state index in [0.29, 0.717) is 5.69 Å². The van der Waals surface area contributed by atoms with Crippen LogP contribution in [0.1, 0.15) is 5.56 Å². The molecule has 1 aromatic heterocycles. The lowest BCUT2D eigenvalue weighted by Gasteiger charge is -2.19. The number of phenols is 1. The maximum Gasteiger partial charge on any atom is 0.261 e. The van der Waals surface area contributed by atoms with Gasteiger partial charge in [0.25, 0.3) is 11.8 Å². The Bertz CT molecular complexity index is 1230. The van der Waals surface area contributed by atoms with E-state index in [1.165, 1.54) is 49.3 Å². The van der Waals surface area contributed by atoms with Crippen molar-refractivity contribution in [2.75, 3.05) is 24.3 Å². The van der Waals surface area contributed by atoms with Gasteiger partial charge in [-0.05, 0) is 30.3 Å². The van der Waals surface area contributed by atoms with E-state index in [-0.39, 0.29) is 34.6 Å². The second-order valence-electron chi connectivity index (χ2n) is 6.96. The number of phenolic OH excluding ortho intramolecular Hbond substituents is 1. The number of aromatic nitrogens is 1. The lowest BCUT2D eigenvalue weighted by Crippen LogP contribution is -2.20. The van der Waals surface area contributed by atoms with Crippen molar-refractivity contribution in [2.45, 2.75) is 0 Å². The molecule has 12 heteroatoms. The number of nitrogens with two attached hydrogens (primary N) is 2. The molecule has 33 heavy (non-hydrogen) atoms. The van der Waals surface area contributed by atoms with Crippen molar-refractivity contribution in [3.8, 4) is 29.0 Å². The number of anilines is 2. The van der Waals surface area contributed by atoms with Crippen LogP contribution in [0.15, 0.2) is 42.5 Å². The highest BCUT2D eigenvalue weighted by Crippen LogP contribution is 2.39. The minimum absolute atomic E-state index is 0.122. The first-order valence-electron chi connectivity index (χ1n) is 9.37. The van der Waals surface area contributed by atoms with Gasteiger partial charge in [-0.1, -0.05) is 6.07 Å². The lowest BCUT2D eigenvalue weighted by atomic mass is 10.2. The smallest absolute Gasteiger partial charge is 0.261 e. The van der Waals surface area contributed by atoms with Crippen LogP contribution in [0.25, 0.3) is 0 Å². The molecular weight excluding hydrogens is 436 g/mol. The first kappa shape index (κ1) is 23.1. The summed E-state index contributed by atoms with van der Waals surface area (Å²) < 4.78 is 41.1. The summed E-state index contributed by atoms with van der Waals surface area (Å²) in [5.41, 5.74) is 10.9. The molecular formula is C21H21F2N7O3. The minimum Gasteiger partial charge on any atom is -0.504 e. The Morgan fingerprint density at radius 3 is 2.30 bits per heavy atom. The number of halogens is 2. The zero-order valence-electron chi connectivity index (χ0n) is 17.6. The number of benzene rings is 2. The number of aromatic hydroxyl groups is 1. The first-order chi connectivity index (χ1) is 15.6. The van der Waals surface area contributed by atoms with Crippen molar-refractivity contribution in [1.82, 2.24) is 4.98 Å². The molecule has 0 fully saturated rings. The molecule has 2 aromatic carbocycles. The van der Waals surface area contributed by atoms with Crippen LogP contribution in [-0.4, -0.2) is 36.0 Å². The van der Waals surface area contributed by atoms with Gasteiger partial charge in [0, 0.05) is 31.4 Å². The number of nitrogen functional groups attached to an aromatic ring is 1. The number of pyridine rings is 1. The van der Waals surface area contributed by atoms with Crippen LogP contribution in [0.5, 0.6) is 29.0 Å². The van der Waals surface area contributed by atoms with Gasteiger partial charge in [-0.2, -0.15) is 13.8 Å². The molecule has 0 spiro atoms. The van der Waals surface area contributed by atoms with Gasteiger partial charge in [-0.25, -0.2) is 0 Å². The third-order valence-corrected chi connectivity index (χ3v) is 4.25. The fourth-order valence-electron chi connectivity index (χ4n) is 2.79. The van der Waals surface area contributed by atoms with Gasteiger partial charge in [0.1, 0.15) is 17.3 Å². The van der Waals surface area contributed by atoms with Gasteiger partial charge < -0.3 is 36.3 Å². The summed E-state index contributed by atoms with van der Waals surface area (Å²) in [7, 11) is 2.83. The highest BCUT2D eigenvalue weighted by Gasteiger charge is 2.25. The average Bonchev–Trinajstić information content (AvgIpc) is 2.72. The van der Waals surface area contributed by atoms with E-state index in [1.54, 1.807) is 12.1 Å². The van der Waals surface area contributed by atoms with Gasteiger partial charge >= 0.3 is 0 Å². The van der Waals surface area contributed by atoms with E-state index in [9.17, 15) is 5.11 Å². The maximum absolute atomic E-state index is 15.1. The summed E-state index contributed by atoms with van der Waals surface area (Å²) in [6, 6.07) is 9.91. The van der Waals surface area contributed by atoms with E-state index < -0.39 is 29.1 Å². The summed E-state index contributed by atoms with van der Waals surface area (Å²) in [6.07, 6.45) is 0. The molecule has 0 unspecified atom stereocenters. The van der Waals surface area contributed by atoms with Crippen molar-refractivity contribution in [3.63, 3.8) is 0 Å². The van der Waals surface area contributed by atoms with E-state index in [4.69, 9.17) is 31.8 Å². The fraction of sp³-hybridized carbons (Fsp3) is 0.0952. The van der Waals surface area contributed by atoms with Gasteiger partial charge in [0.2, 0.25) is 11.6 Å². The number of hydrogen-bond donors (Lipinski definition) is 6. The Morgan fingerprint density at radius 1 is 1.03 bits per heavy atom. The average molecular weight is 457 g/mol. The van der Waals surface area contributed by atoms with Crippen molar-refractivity contribution in [3.05, 3.63) is 59.7 Å². The molecule has 0 bridgehead atoms. The molecule has 3 rings (SSSR count). The van der Waals surface area contributed by atoms with Crippen LogP contribution in [0, 0.1) is 22.5 Å². The molecule has 172 valence electrons. The zero-order chi connectivity index (χ0) is 24.3. The van der Waals surface area contributed by atoms with E-state index in [1.807, 2.05) is 0 Å². The number of nitrogens with zero attached hydrogens (tertiary/aromatic N) is 2. The number of guanidine groups is 1. The predicted molar refractivity (Wildman–Crippen MR) is 120 cm³/mol. The SMILES string of the molecule is CN(C)c1c(F)c(Oc2cccc(NC(=N)N)c2)nc(Oc2cc(C(=N)N)ccc2O)c1F. The van der Waals surface area contributed by atoms with Crippen LogP contribution in [0.4, 0.5) is 20.2 Å². The van der Waals surface area contributed by atoms with Crippen molar-refractivity contribution < 1.29 is 23.4 Å². The minimum atomic E-state index is -1.13. The first-order valence-corrected chi connectivity index (χ1v) is 9.37. The Morgan fingerprint density at radius 2 is 1.70 bits per heavy atom. The van der Waals surface area contributed by atoms with Crippen molar-refractivity contribution in [1.29, 1.82) is 10.8 Å². The molecule has 0 radical (unpaired) electrons. The van der Waals surface area contributed by atoms with Gasteiger partial charge in [-0.3, -0.25) is 10.8 Å². The zero-order valence-corrected chi connectivity index (χ0v) is 17.6. The Labute approximate surface area is 187 Å². The predicted octanol–water partition coefficient (Wildman–Crippen LogP) is 3.31. The van der Waals surface area contributed by atoms with E-state index in [0.717, 1.165) is 0 Å². The van der Waals surface area contributed by atoms with Crippen molar-refractivity contribution in [2.24, 2.45) is 11.5 Å². The second kappa shape index (κ2) is 9.26. The molecule has 0 atom stereocenters. The normalized spacial score (nSPS) is 10.4. The van der Waals surface area contributed by atoms with Crippen LogP contribution in [-0.2, 0) is 0 Å². The number of nitrogens with one attached hydrogen (secondary N) is 3. The Hall–Kier alpha value is -4.61. The second-order valence-corrected chi connectivity index (χ2v) is 6.96. The fourth-order valence-corrected chi connectivity index (χ4v) is 2.79. The monoisotopic (exact) mass is 457 g/mol. The van der Waals surface area contributed by atoms with Crippen molar-refractivity contribution >= 4 is 23.2 Å². The number of hydrogen-bond acceptors (Lipinski definition) is 7. The standard InChI is InChI=1S/C21H21F2N7O3/c1-30(2)17-15(22)19(32-12-5-3-4-11(9-12)28-21(26)27)29-20(16(17)23)33-14-8-10(18(24)25)6-7-13(14)31/h3-9,31H,1-2H3,(H3,24,25)(H4,26,27,28). The van der Waals surface area contributed by atoms with Gasteiger partial charge in [0.15, 0.2) is 17.5 Å². The Balaban J connectivity index is 2.06. The Kier molecular flexibility index (Phi) is 6.47. The molecule has 1 heterocycles. The van der Waals surface area contributed by atoms with Crippen LogP contribution in [0.2, 0.25) is 0 Å². The van der Waals surface area contributed by atoms with Gasteiger partial charge in [-0.15, -0.1) is 0 Å². The van der Waals surface area contributed by atoms with Gasteiger partial charge in [0.05, 0.1) is 0 Å². The van der Waals surface area contributed by atoms with E-state index in [2.05, 4.69) is 10.3 Å². The molecule has 0 aliphatic heterocycles. The topological polar surface area (TPSA) is 167 Å². The van der Waals surface area contributed by atoms with E-state index >= 15 is 8.78 Å². The summed E-state index contributed by atoms with van der Waals surface area (Å²) in [5, 5.41) is 27.4. The number of amidine groups is 1. The molecule has 10 nitrogen and oxygen atoms in total. The number of rotatable bonds is 7. The molecule has 0 saturated carbocycles. The quantitative estimate of drug-likeness (QED) is 0.232. The molecule has 0 saturated heterocycles. The molecule has 0 amide bonds. The van der Waals surface area contributed by atoms with Crippen LogP contribution < -0.4 is 31.2 Å². The summed E-state index contributed by atoms with van der Waals surface area (Å²) in [4.78, 5) is 4.98. The molecule has 0 aliphatic rings. The highest BCUT2D eigenvalue weighted by atomic mass is 19.1. The third-order valence-electron chi connectivity index (χ3n) is 4.25. The largest absolute Gasteiger partial charge is 0.504 e. The highest BCUT2D eigenvalue weighted by molar-refractivity contribution is 5.95. The lowest BCUT2D eigenvalue weighted by molar-refractivity contribution is 0.362. The maximum atomic E-state index is 15.1. The molecule has 8 N–H and O–H groups in total. The number of ether oxygens (including phenoxy) is 2. The molecule has 0 aliphatic carbocycles. The summed E-state index contributed by atoms with van der Waals surface area (Å²) in [5.74, 6) is -4.61. The van der Waals surface area contributed by atoms with Crippen LogP contribution in [0.3, 0.4) is 0 Å².